The molecular formula is C35H31N3O. The Morgan fingerprint density at radius 1 is 0.615 bits per heavy atom. The quantitative estimate of drug-likeness (QED) is 0.265. The predicted octanol–water partition coefficient (Wildman–Crippen LogP) is 7.70. The molecule has 4 nitrogen and oxygen atoms in total. The average molecular weight is 510 g/mol. The van der Waals surface area contributed by atoms with Crippen molar-refractivity contribution in [3.63, 3.8) is 0 Å². The van der Waals surface area contributed by atoms with E-state index < -0.39 is 5.60 Å². The zero-order chi connectivity index (χ0) is 25.6. The largest absolute Gasteiger partial charge is 0.472 e. The van der Waals surface area contributed by atoms with Gasteiger partial charge in [0.15, 0.2) is 5.60 Å². The van der Waals surface area contributed by atoms with Gasteiger partial charge in [-0.3, -0.25) is 0 Å². The van der Waals surface area contributed by atoms with Crippen molar-refractivity contribution in [2.75, 3.05) is 36.0 Å². The molecule has 0 radical (unpaired) electrons. The first-order chi connectivity index (χ1) is 19.3. The van der Waals surface area contributed by atoms with Gasteiger partial charge in [0.1, 0.15) is 5.75 Å². The molecule has 0 atom stereocenters. The molecule has 0 unspecified atom stereocenters. The number of rotatable bonds is 2. The van der Waals surface area contributed by atoms with E-state index in [-0.39, 0.29) is 0 Å². The van der Waals surface area contributed by atoms with E-state index >= 15 is 0 Å². The molecule has 0 amide bonds. The summed E-state index contributed by atoms with van der Waals surface area (Å²) in [6, 6.07) is 31.5. The molecule has 2 saturated heterocycles. The molecular weight excluding hydrogens is 478 g/mol. The van der Waals surface area contributed by atoms with Crippen LogP contribution in [0, 0.1) is 0 Å². The molecule has 3 aliphatic heterocycles. The Kier molecular flexibility index (Phi) is 4.41. The second kappa shape index (κ2) is 7.92. The minimum absolute atomic E-state index is 0.707. The van der Waals surface area contributed by atoms with E-state index in [0.29, 0.717) is 0 Å². The summed E-state index contributed by atoms with van der Waals surface area (Å²) in [6.45, 7) is 4.56. The summed E-state index contributed by atoms with van der Waals surface area (Å²) < 4.78 is 7.31. The van der Waals surface area contributed by atoms with Crippen molar-refractivity contribution in [1.29, 1.82) is 0 Å². The van der Waals surface area contributed by atoms with E-state index in [0.717, 1.165) is 43.0 Å². The van der Waals surface area contributed by atoms with Gasteiger partial charge in [-0.1, -0.05) is 42.5 Å². The summed E-state index contributed by atoms with van der Waals surface area (Å²) in [4.78, 5) is 8.89. The van der Waals surface area contributed by atoms with E-state index in [1.165, 1.54) is 76.0 Å². The lowest BCUT2D eigenvalue weighted by atomic mass is 9.79. The standard InChI is InChI=1S/C35H31N3O/c1-3-11-31-25(9-1)33-34(36-31)26-10-2-4-12-32(26)39-35(33)29-15-13-23(37-17-5-6-18-37)21-27(29)28-22-24(14-16-30(28)35)38-19-7-8-20-38/h1-4,9-16,21-22,36H,5-8,17-20H2. The number of fused-ring (bicyclic) bond motifs is 11. The summed E-state index contributed by atoms with van der Waals surface area (Å²) in [5, 5.41) is 1.23. The van der Waals surface area contributed by atoms with Crippen LogP contribution >= 0.6 is 0 Å². The van der Waals surface area contributed by atoms with E-state index in [1.807, 2.05) is 0 Å². The Morgan fingerprint density at radius 2 is 1.21 bits per heavy atom. The van der Waals surface area contributed by atoms with Gasteiger partial charge < -0.3 is 19.5 Å². The maximum atomic E-state index is 7.31. The zero-order valence-electron chi connectivity index (χ0n) is 22.0. The number of aromatic amines is 1. The van der Waals surface area contributed by atoms with Gasteiger partial charge in [-0.2, -0.15) is 0 Å². The third-order valence-electron chi connectivity index (χ3n) is 9.48. The van der Waals surface area contributed by atoms with E-state index in [1.54, 1.807) is 0 Å². The normalized spacial score (nSPS) is 18.3. The van der Waals surface area contributed by atoms with E-state index in [2.05, 4.69) is 99.7 Å². The first-order valence-corrected chi connectivity index (χ1v) is 14.5. The summed E-state index contributed by atoms with van der Waals surface area (Å²) in [5.41, 5.74) is 11.8. The Morgan fingerprint density at radius 3 is 1.87 bits per heavy atom. The van der Waals surface area contributed by atoms with Crippen LogP contribution in [-0.2, 0) is 5.60 Å². The summed E-state index contributed by atoms with van der Waals surface area (Å²) in [7, 11) is 0. The zero-order valence-corrected chi connectivity index (χ0v) is 22.0. The number of nitrogens with zero attached hydrogens (tertiary/aromatic N) is 2. The number of H-pyrrole nitrogens is 1. The Labute approximate surface area is 228 Å². The fourth-order valence-corrected chi connectivity index (χ4v) is 7.68. The number of ether oxygens (including phenoxy) is 1. The number of hydrogen-bond acceptors (Lipinski definition) is 3. The van der Waals surface area contributed by atoms with E-state index in [9.17, 15) is 0 Å². The van der Waals surface area contributed by atoms with Crippen molar-refractivity contribution in [1.82, 2.24) is 4.98 Å². The van der Waals surface area contributed by atoms with Crippen molar-refractivity contribution in [3.8, 4) is 28.1 Å². The topological polar surface area (TPSA) is 31.5 Å². The van der Waals surface area contributed by atoms with Crippen molar-refractivity contribution in [2.45, 2.75) is 31.3 Å². The van der Waals surface area contributed by atoms with Crippen LogP contribution in [0.15, 0.2) is 84.9 Å². The Balaban J connectivity index is 1.36. The molecule has 4 aromatic carbocycles. The highest BCUT2D eigenvalue weighted by Gasteiger charge is 2.52. The number of benzene rings is 4. The predicted molar refractivity (Wildman–Crippen MR) is 159 cm³/mol. The SMILES string of the molecule is c1ccc2c(c1)OC1(c3ccc(N4CCCC4)cc3-c3cc(N4CCCC4)ccc31)c1c-2[nH]c2ccccc12. The van der Waals surface area contributed by atoms with Gasteiger partial charge in [0, 0.05) is 70.7 Å². The lowest BCUT2D eigenvalue weighted by molar-refractivity contribution is 0.158. The smallest absolute Gasteiger partial charge is 0.188 e. The molecule has 1 aliphatic carbocycles. The minimum atomic E-state index is -0.707. The first kappa shape index (κ1) is 21.7. The maximum Gasteiger partial charge on any atom is 0.188 e. The van der Waals surface area contributed by atoms with Crippen LogP contribution < -0.4 is 14.5 Å². The highest BCUT2D eigenvalue weighted by atomic mass is 16.5. The fourth-order valence-electron chi connectivity index (χ4n) is 7.68. The van der Waals surface area contributed by atoms with Crippen LogP contribution in [0.3, 0.4) is 0 Å². The van der Waals surface area contributed by atoms with Crippen LogP contribution in [0.5, 0.6) is 5.75 Å². The summed E-state index contributed by atoms with van der Waals surface area (Å²) >= 11 is 0. The first-order valence-electron chi connectivity index (χ1n) is 14.5. The molecule has 1 N–H and O–H groups in total. The van der Waals surface area contributed by atoms with Gasteiger partial charge in [0.05, 0.1) is 5.69 Å². The third kappa shape index (κ3) is 2.89. The molecule has 2 fully saturated rings. The summed E-state index contributed by atoms with van der Waals surface area (Å²) in [5.74, 6) is 0.933. The van der Waals surface area contributed by atoms with Gasteiger partial charge in [-0.25, -0.2) is 0 Å². The monoisotopic (exact) mass is 509 g/mol. The molecule has 9 rings (SSSR count). The van der Waals surface area contributed by atoms with Gasteiger partial charge >= 0.3 is 0 Å². The molecule has 192 valence electrons. The van der Waals surface area contributed by atoms with Gasteiger partial charge in [0.2, 0.25) is 0 Å². The van der Waals surface area contributed by atoms with Crippen molar-refractivity contribution >= 4 is 22.3 Å². The second-order valence-corrected chi connectivity index (χ2v) is 11.5. The van der Waals surface area contributed by atoms with Gasteiger partial charge in [-0.15, -0.1) is 0 Å². The molecule has 1 aromatic heterocycles. The number of aromatic nitrogens is 1. The van der Waals surface area contributed by atoms with Crippen molar-refractivity contribution in [2.24, 2.45) is 0 Å². The van der Waals surface area contributed by atoms with Crippen LogP contribution in [0.4, 0.5) is 11.4 Å². The van der Waals surface area contributed by atoms with Crippen LogP contribution in [0.2, 0.25) is 0 Å². The van der Waals surface area contributed by atoms with Crippen molar-refractivity contribution in [3.05, 3.63) is 102 Å². The number of anilines is 2. The second-order valence-electron chi connectivity index (χ2n) is 11.5. The van der Waals surface area contributed by atoms with Crippen molar-refractivity contribution < 1.29 is 4.74 Å². The summed E-state index contributed by atoms with van der Waals surface area (Å²) in [6.07, 6.45) is 5.09. The average Bonchev–Trinajstić information content (AvgIpc) is 3.80. The molecule has 4 heteroatoms. The molecule has 4 heterocycles. The molecule has 5 aromatic rings. The third-order valence-corrected chi connectivity index (χ3v) is 9.48. The molecule has 4 aliphatic rings. The highest BCUT2D eigenvalue weighted by Crippen LogP contribution is 2.60. The van der Waals surface area contributed by atoms with E-state index in [4.69, 9.17) is 4.74 Å². The Bertz CT molecular complexity index is 1710. The number of nitrogens with one attached hydrogen (secondary N) is 1. The van der Waals surface area contributed by atoms with Gasteiger partial charge in [0.25, 0.3) is 0 Å². The lowest BCUT2D eigenvalue weighted by Gasteiger charge is -2.38. The number of para-hydroxylation sites is 2. The van der Waals surface area contributed by atoms with Crippen LogP contribution in [0.1, 0.15) is 42.4 Å². The fraction of sp³-hybridized carbons (Fsp3) is 0.257. The molecule has 1 spiro atoms. The minimum Gasteiger partial charge on any atom is -0.472 e. The van der Waals surface area contributed by atoms with Crippen LogP contribution in [-0.4, -0.2) is 31.2 Å². The molecule has 39 heavy (non-hydrogen) atoms. The van der Waals surface area contributed by atoms with Crippen LogP contribution in [0.25, 0.3) is 33.3 Å². The highest BCUT2D eigenvalue weighted by molar-refractivity contribution is 5.99. The maximum absolute atomic E-state index is 7.31. The molecule has 0 bridgehead atoms. The van der Waals surface area contributed by atoms with Gasteiger partial charge in [-0.05, 0) is 79.3 Å². The lowest BCUT2D eigenvalue weighted by Crippen LogP contribution is -2.36. The number of hydrogen-bond donors (Lipinski definition) is 1. The Hall–Kier alpha value is -4.18. The molecule has 0 saturated carbocycles.